The van der Waals surface area contributed by atoms with Gasteiger partial charge < -0.3 is 15.1 Å². The van der Waals surface area contributed by atoms with Gasteiger partial charge in [0.15, 0.2) is 11.6 Å². The molecule has 2 N–H and O–H groups in total. The highest BCUT2D eigenvalue weighted by Gasteiger charge is 2.39. The summed E-state index contributed by atoms with van der Waals surface area (Å²) in [4.78, 5) is 13.2. The molecule has 1 aliphatic heterocycles. The van der Waals surface area contributed by atoms with Crippen molar-refractivity contribution < 1.29 is 31.1 Å². The minimum Gasteiger partial charge on any atom is -0.327 e. The van der Waals surface area contributed by atoms with Crippen LogP contribution in [-0.2, 0) is 30.5 Å². The number of nitrogens with zero attached hydrogens (tertiary/aromatic N) is 4. The summed E-state index contributed by atoms with van der Waals surface area (Å²) < 4.78 is 79.8. The van der Waals surface area contributed by atoms with Crippen molar-refractivity contribution in [3.8, 4) is 0 Å². The third-order valence-electron chi connectivity index (χ3n) is 4.82. The van der Waals surface area contributed by atoms with Gasteiger partial charge in [-0.3, -0.25) is 4.90 Å². The monoisotopic (exact) mass is 421 g/mol. The minimum absolute atomic E-state index is 0.0181. The SMILES string of the molecule is NC(Cc1cc(F)c(F)cc1F)C(C=O)CN1CCn2c(nnc2C(F)(F)F)C1. The van der Waals surface area contributed by atoms with Crippen LogP contribution >= 0.6 is 0 Å². The van der Waals surface area contributed by atoms with E-state index in [2.05, 4.69) is 10.2 Å². The van der Waals surface area contributed by atoms with Crippen molar-refractivity contribution in [1.82, 2.24) is 19.7 Å². The van der Waals surface area contributed by atoms with Crippen LogP contribution in [0.2, 0.25) is 0 Å². The molecule has 158 valence electrons. The number of hydrogen-bond acceptors (Lipinski definition) is 5. The Kier molecular flexibility index (Phi) is 5.94. The second kappa shape index (κ2) is 8.11. The molecule has 0 aliphatic carbocycles. The summed E-state index contributed by atoms with van der Waals surface area (Å²) in [6, 6.07) is 0.189. The molecule has 1 aromatic heterocycles. The highest BCUT2D eigenvalue weighted by atomic mass is 19.4. The zero-order valence-electron chi connectivity index (χ0n) is 15.0. The molecule has 0 bridgehead atoms. The number of carbonyl (C=O) groups excluding carboxylic acids is 1. The number of aldehydes is 1. The lowest BCUT2D eigenvalue weighted by atomic mass is 9.94. The van der Waals surface area contributed by atoms with Crippen LogP contribution < -0.4 is 5.73 Å². The quantitative estimate of drug-likeness (QED) is 0.438. The van der Waals surface area contributed by atoms with Gasteiger partial charge in [0.25, 0.3) is 0 Å². The molecule has 2 atom stereocenters. The van der Waals surface area contributed by atoms with Gasteiger partial charge in [0.1, 0.15) is 17.9 Å². The fraction of sp³-hybridized carbons (Fsp3) is 0.471. The van der Waals surface area contributed by atoms with Gasteiger partial charge in [-0.25, -0.2) is 13.2 Å². The number of rotatable bonds is 6. The molecule has 1 aliphatic rings. The van der Waals surface area contributed by atoms with Gasteiger partial charge in [-0.2, -0.15) is 13.2 Å². The summed E-state index contributed by atoms with van der Waals surface area (Å²) in [6.45, 7) is 0.296. The second-order valence-electron chi connectivity index (χ2n) is 6.85. The number of nitrogens with two attached hydrogens (primary N) is 1. The average molecular weight is 421 g/mol. The standard InChI is InChI=1S/C17H17F6N5O/c18-11-5-13(20)12(19)3-9(11)4-14(24)10(8-29)6-27-1-2-28-15(7-27)25-26-16(28)17(21,22)23/h3,5,8,10,14H,1-2,4,6-7,24H2. The number of fused-ring (bicyclic) bond motifs is 1. The van der Waals surface area contributed by atoms with E-state index in [0.717, 1.165) is 4.57 Å². The van der Waals surface area contributed by atoms with Gasteiger partial charge in [-0.05, 0) is 18.1 Å². The van der Waals surface area contributed by atoms with E-state index in [1.54, 1.807) is 4.90 Å². The van der Waals surface area contributed by atoms with Crippen LogP contribution in [0.5, 0.6) is 0 Å². The van der Waals surface area contributed by atoms with Crippen molar-refractivity contribution in [2.45, 2.75) is 31.7 Å². The van der Waals surface area contributed by atoms with Gasteiger partial charge in [0, 0.05) is 37.7 Å². The zero-order valence-corrected chi connectivity index (χ0v) is 15.0. The number of hydrogen-bond donors (Lipinski definition) is 1. The molecule has 2 aromatic rings. The maximum absolute atomic E-state index is 13.8. The zero-order chi connectivity index (χ0) is 21.3. The Labute approximate surface area is 161 Å². The van der Waals surface area contributed by atoms with Crippen LogP contribution in [0.3, 0.4) is 0 Å². The number of alkyl halides is 3. The van der Waals surface area contributed by atoms with E-state index in [-0.39, 0.29) is 44.0 Å². The number of carbonyl (C=O) groups is 1. The molecule has 6 nitrogen and oxygen atoms in total. The normalized spacial score (nSPS) is 17.1. The van der Waals surface area contributed by atoms with Crippen LogP contribution in [0.1, 0.15) is 17.2 Å². The third-order valence-corrected chi connectivity index (χ3v) is 4.82. The van der Waals surface area contributed by atoms with E-state index >= 15 is 0 Å². The van der Waals surface area contributed by atoms with Gasteiger partial charge in [0.2, 0.25) is 5.82 Å². The highest BCUT2D eigenvalue weighted by molar-refractivity contribution is 5.55. The van der Waals surface area contributed by atoms with E-state index in [4.69, 9.17) is 5.73 Å². The van der Waals surface area contributed by atoms with Crippen LogP contribution in [0, 0.1) is 23.4 Å². The fourth-order valence-electron chi connectivity index (χ4n) is 3.28. The van der Waals surface area contributed by atoms with Crippen LogP contribution in [0.15, 0.2) is 12.1 Å². The molecule has 0 saturated carbocycles. The van der Waals surface area contributed by atoms with E-state index < -0.39 is 41.4 Å². The van der Waals surface area contributed by atoms with Crippen molar-refractivity contribution in [3.63, 3.8) is 0 Å². The lowest BCUT2D eigenvalue weighted by Crippen LogP contribution is -2.44. The van der Waals surface area contributed by atoms with Crippen molar-refractivity contribution in [3.05, 3.63) is 46.8 Å². The van der Waals surface area contributed by atoms with Crippen molar-refractivity contribution in [2.75, 3.05) is 13.1 Å². The van der Waals surface area contributed by atoms with Crippen molar-refractivity contribution in [2.24, 2.45) is 11.7 Å². The fourth-order valence-corrected chi connectivity index (χ4v) is 3.28. The first-order chi connectivity index (χ1) is 13.6. The molecular weight excluding hydrogens is 404 g/mol. The molecule has 1 aromatic carbocycles. The molecule has 0 spiro atoms. The molecule has 2 heterocycles. The number of benzene rings is 1. The average Bonchev–Trinajstić information content (AvgIpc) is 3.07. The van der Waals surface area contributed by atoms with Crippen LogP contribution in [0.25, 0.3) is 0 Å². The molecule has 0 saturated heterocycles. The van der Waals surface area contributed by atoms with Gasteiger partial charge >= 0.3 is 6.18 Å². The number of aromatic nitrogens is 3. The van der Waals surface area contributed by atoms with Gasteiger partial charge in [0.05, 0.1) is 6.54 Å². The van der Waals surface area contributed by atoms with Crippen molar-refractivity contribution in [1.29, 1.82) is 0 Å². The lowest BCUT2D eigenvalue weighted by Gasteiger charge is -2.31. The summed E-state index contributed by atoms with van der Waals surface area (Å²) in [6.07, 6.45) is -4.27. The first-order valence-corrected chi connectivity index (χ1v) is 8.66. The topological polar surface area (TPSA) is 77.0 Å². The molecule has 3 rings (SSSR count). The Morgan fingerprint density at radius 1 is 1.10 bits per heavy atom. The van der Waals surface area contributed by atoms with Gasteiger partial charge in [-0.1, -0.05) is 0 Å². The maximum Gasteiger partial charge on any atom is 0.451 e. The summed E-state index contributed by atoms with van der Waals surface area (Å²) in [5.74, 6) is -5.32. The third kappa shape index (κ3) is 4.58. The Morgan fingerprint density at radius 3 is 2.45 bits per heavy atom. The Balaban J connectivity index is 1.67. The summed E-state index contributed by atoms with van der Waals surface area (Å²) >= 11 is 0. The molecule has 0 radical (unpaired) electrons. The summed E-state index contributed by atoms with van der Waals surface area (Å²) in [7, 11) is 0. The van der Waals surface area contributed by atoms with E-state index in [9.17, 15) is 31.1 Å². The molecule has 0 amide bonds. The summed E-state index contributed by atoms with van der Waals surface area (Å²) in [5, 5.41) is 6.73. The molecule has 12 heteroatoms. The molecule has 0 fully saturated rings. The van der Waals surface area contributed by atoms with Crippen LogP contribution in [0.4, 0.5) is 26.3 Å². The molecular formula is C17H17F6N5O. The predicted molar refractivity (Wildman–Crippen MR) is 87.9 cm³/mol. The Bertz CT molecular complexity index is 899. The minimum atomic E-state index is -4.62. The second-order valence-corrected chi connectivity index (χ2v) is 6.85. The Morgan fingerprint density at radius 2 is 1.79 bits per heavy atom. The molecule has 29 heavy (non-hydrogen) atoms. The van der Waals surface area contributed by atoms with E-state index in [1.165, 1.54) is 0 Å². The first kappa shape index (κ1) is 21.2. The predicted octanol–water partition coefficient (Wildman–Crippen LogP) is 1.91. The number of halogens is 6. The summed E-state index contributed by atoms with van der Waals surface area (Å²) in [5.41, 5.74) is 5.80. The first-order valence-electron chi connectivity index (χ1n) is 8.66. The van der Waals surface area contributed by atoms with Crippen LogP contribution in [-0.4, -0.2) is 45.1 Å². The smallest absolute Gasteiger partial charge is 0.327 e. The van der Waals surface area contributed by atoms with E-state index in [1.807, 2.05) is 0 Å². The van der Waals surface area contributed by atoms with Gasteiger partial charge in [-0.15, -0.1) is 10.2 Å². The van der Waals surface area contributed by atoms with Crippen molar-refractivity contribution >= 4 is 6.29 Å². The Hall–Kier alpha value is -2.47. The largest absolute Gasteiger partial charge is 0.451 e. The molecule has 2 unspecified atom stereocenters. The lowest BCUT2D eigenvalue weighted by molar-refractivity contribution is -0.148. The highest BCUT2D eigenvalue weighted by Crippen LogP contribution is 2.29. The maximum atomic E-state index is 13.8. The van der Waals surface area contributed by atoms with E-state index in [0.29, 0.717) is 18.4 Å².